The van der Waals surface area contributed by atoms with Crippen LogP contribution in [0.5, 0.6) is 0 Å². The molecule has 1 aromatic heterocycles. The lowest BCUT2D eigenvalue weighted by Gasteiger charge is -2.07. The summed E-state index contributed by atoms with van der Waals surface area (Å²) in [5.74, 6) is 0. The fraction of sp³-hybridized carbons (Fsp3) is 0.444. The van der Waals surface area contributed by atoms with Crippen molar-refractivity contribution in [2.24, 2.45) is 0 Å². The van der Waals surface area contributed by atoms with Gasteiger partial charge in [0.05, 0.1) is 0 Å². The Kier molecular flexibility index (Phi) is 1.42. The number of rotatable bonds is 0. The Labute approximate surface area is 61.3 Å². The molecule has 0 bridgehead atoms. The van der Waals surface area contributed by atoms with Crippen molar-refractivity contribution in [2.45, 2.75) is 25.8 Å². The van der Waals surface area contributed by atoms with Gasteiger partial charge < -0.3 is 0 Å². The van der Waals surface area contributed by atoms with Crippen LogP contribution in [0.1, 0.15) is 18.5 Å². The predicted molar refractivity (Wildman–Crippen MR) is 39.6 cm³/mol. The van der Waals surface area contributed by atoms with Gasteiger partial charge in [-0.1, -0.05) is 6.07 Å². The Morgan fingerprint density at radius 2 is 2.20 bits per heavy atom. The van der Waals surface area contributed by atoms with Gasteiger partial charge >= 0.3 is 0 Å². The van der Waals surface area contributed by atoms with E-state index in [0.717, 1.165) is 0 Å². The van der Waals surface area contributed by atoms with E-state index in [9.17, 15) is 0 Å². The van der Waals surface area contributed by atoms with Gasteiger partial charge in [-0.05, 0) is 6.42 Å². The highest BCUT2D eigenvalue weighted by Crippen LogP contribution is 2.05. The summed E-state index contributed by atoms with van der Waals surface area (Å²) in [6.07, 6.45) is 6.15. The minimum atomic E-state index is 1.22. The molecule has 1 aromatic rings. The zero-order valence-corrected chi connectivity index (χ0v) is 6.09. The molecule has 0 radical (unpaired) electrons. The van der Waals surface area contributed by atoms with Crippen LogP contribution >= 0.6 is 0 Å². The van der Waals surface area contributed by atoms with Crippen molar-refractivity contribution in [1.82, 2.24) is 0 Å². The van der Waals surface area contributed by atoms with Crippen LogP contribution in [0.25, 0.3) is 0 Å². The number of hydrogen-bond donors (Lipinski definition) is 0. The summed E-state index contributed by atoms with van der Waals surface area (Å²) in [6, 6.07) is 6.45. The molecule has 1 aliphatic rings. The molecule has 0 spiro atoms. The summed E-state index contributed by atoms with van der Waals surface area (Å²) in [4.78, 5) is 0. The summed E-state index contributed by atoms with van der Waals surface area (Å²) in [5, 5.41) is 0. The number of aromatic nitrogens is 1. The lowest BCUT2D eigenvalue weighted by atomic mass is 10.1. The van der Waals surface area contributed by atoms with E-state index in [2.05, 4.69) is 29.0 Å². The van der Waals surface area contributed by atoms with Crippen LogP contribution in [0.4, 0.5) is 0 Å². The van der Waals surface area contributed by atoms with Crippen LogP contribution in [0.2, 0.25) is 0 Å². The molecule has 0 aliphatic carbocycles. The van der Waals surface area contributed by atoms with Crippen LogP contribution in [0.3, 0.4) is 0 Å². The number of fused-ring (bicyclic) bond motifs is 1. The third kappa shape index (κ3) is 0.919. The normalized spacial score (nSPS) is 16.4. The number of aryl methyl sites for hydroxylation is 2. The maximum absolute atomic E-state index is 2.35. The lowest BCUT2D eigenvalue weighted by molar-refractivity contribution is -0.709. The lowest BCUT2D eigenvalue weighted by Crippen LogP contribution is -2.40. The van der Waals surface area contributed by atoms with E-state index in [1.54, 1.807) is 0 Å². The summed E-state index contributed by atoms with van der Waals surface area (Å²) in [7, 11) is 0. The maximum Gasteiger partial charge on any atom is 0.181 e. The molecule has 2 rings (SSSR count). The molecular formula is C9H12N+. The first-order valence-electron chi connectivity index (χ1n) is 3.94. The van der Waals surface area contributed by atoms with E-state index < -0.39 is 0 Å². The highest BCUT2D eigenvalue weighted by Gasteiger charge is 2.13. The van der Waals surface area contributed by atoms with E-state index in [1.807, 2.05) is 0 Å². The second-order valence-corrected chi connectivity index (χ2v) is 2.84. The molecule has 0 N–H and O–H groups in total. The molecular weight excluding hydrogens is 122 g/mol. The maximum atomic E-state index is 2.35. The van der Waals surface area contributed by atoms with E-state index in [1.165, 1.54) is 31.5 Å². The van der Waals surface area contributed by atoms with Crippen molar-refractivity contribution in [3.63, 3.8) is 0 Å². The van der Waals surface area contributed by atoms with Crippen molar-refractivity contribution >= 4 is 0 Å². The molecule has 0 fully saturated rings. The third-order valence-electron chi connectivity index (χ3n) is 2.12. The van der Waals surface area contributed by atoms with Crippen molar-refractivity contribution in [2.75, 3.05) is 0 Å². The van der Waals surface area contributed by atoms with Gasteiger partial charge in [0.1, 0.15) is 6.54 Å². The number of pyridine rings is 1. The van der Waals surface area contributed by atoms with E-state index in [-0.39, 0.29) is 0 Å². The minimum absolute atomic E-state index is 1.22. The van der Waals surface area contributed by atoms with Crippen LogP contribution < -0.4 is 4.57 Å². The molecule has 0 amide bonds. The van der Waals surface area contributed by atoms with Crippen molar-refractivity contribution in [3.05, 3.63) is 30.1 Å². The van der Waals surface area contributed by atoms with E-state index in [0.29, 0.717) is 0 Å². The Morgan fingerprint density at radius 3 is 3.10 bits per heavy atom. The average molecular weight is 134 g/mol. The van der Waals surface area contributed by atoms with Gasteiger partial charge in [-0.3, -0.25) is 0 Å². The smallest absolute Gasteiger partial charge is 0.181 e. The zero-order valence-electron chi connectivity index (χ0n) is 6.09. The first-order valence-corrected chi connectivity index (χ1v) is 3.94. The molecule has 0 atom stereocenters. The van der Waals surface area contributed by atoms with Gasteiger partial charge in [-0.2, -0.15) is 0 Å². The standard InChI is InChI=1S/C9H12N/c1-3-7-10-8-4-2-6-9(10)5-1/h1,3,5,7H,2,4,6,8H2/q+1. The SMILES string of the molecule is c1cc[n+]2c(c1)CCCC2. The predicted octanol–water partition coefficient (Wildman–Crippen LogP) is 1.31. The molecule has 1 nitrogen and oxygen atoms in total. The Balaban J connectivity index is 2.41. The topological polar surface area (TPSA) is 3.88 Å². The van der Waals surface area contributed by atoms with Gasteiger partial charge in [-0.25, -0.2) is 4.57 Å². The van der Waals surface area contributed by atoms with E-state index >= 15 is 0 Å². The fourth-order valence-electron chi connectivity index (χ4n) is 1.55. The van der Waals surface area contributed by atoms with Gasteiger partial charge in [0.15, 0.2) is 11.9 Å². The van der Waals surface area contributed by atoms with Crippen LogP contribution in [0.15, 0.2) is 24.4 Å². The molecule has 0 saturated carbocycles. The van der Waals surface area contributed by atoms with Gasteiger partial charge in [0, 0.05) is 25.0 Å². The Bertz CT molecular complexity index is 205. The van der Waals surface area contributed by atoms with Gasteiger partial charge in [-0.15, -0.1) is 0 Å². The monoisotopic (exact) mass is 134 g/mol. The summed E-state index contributed by atoms with van der Waals surface area (Å²) < 4.78 is 2.35. The van der Waals surface area contributed by atoms with Crippen molar-refractivity contribution in [1.29, 1.82) is 0 Å². The molecule has 1 aliphatic heterocycles. The van der Waals surface area contributed by atoms with E-state index in [4.69, 9.17) is 0 Å². The highest BCUT2D eigenvalue weighted by atomic mass is 15.0. The summed E-state index contributed by atoms with van der Waals surface area (Å²) in [6.45, 7) is 1.22. The first-order chi connectivity index (χ1) is 4.97. The molecule has 0 aromatic carbocycles. The first kappa shape index (κ1) is 5.90. The fourth-order valence-corrected chi connectivity index (χ4v) is 1.55. The summed E-state index contributed by atoms with van der Waals surface area (Å²) >= 11 is 0. The summed E-state index contributed by atoms with van der Waals surface area (Å²) in [5.41, 5.74) is 1.49. The van der Waals surface area contributed by atoms with Gasteiger partial charge in [0.2, 0.25) is 0 Å². The highest BCUT2D eigenvalue weighted by molar-refractivity contribution is 4.97. The number of hydrogen-bond acceptors (Lipinski definition) is 0. The molecule has 52 valence electrons. The van der Waals surface area contributed by atoms with Crippen LogP contribution in [-0.2, 0) is 13.0 Å². The minimum Gasteiger partial charge on any atom is -0.202 e. The Morgan fingerprint density at radius 1 is 1.20 bits per heavy atom. The zero-order chi connectivity index (χ0) is 6.81. The average Bonchev–Trinajstić information content (AvgIpc) is 2.05. The second kappa shape index (κ2) is 2.41. The third-order valence-corrected chi connectivity index (χ3v) is 2.12. The van der Waals surface area contributed by atoms with Gasteiger partial charge in [0.25, 0.3) is 0 Å². The second-order valence-electron chi connectivity index (χ2n) is 2.84. The van der Waals surface area contributed by atoms with Crippen molar-refractivity contribution < 1.29 is 4.57 Å². The molecule has 10 heavy (non-hydrogen) atoms. The molecule has 0 unspecified atom stereocenters. The van der Waals surface area contributed by atoms with Crippen LogP contribution in [-0.4, -0.2) is 0 Å². The van der Waals surface area contributed by atoms with Crippen LogP contribution in [0, 0.1) is 0 Å². The largest absolute Gasteiger partial charge is 0.202 e. The Hall–Kier alpha value is -0.850. The quantitative estimate of drug-likeness (QED) is 0.471. The number of nitrogens with zero attached hydrogens (tertiary/aromatic N) is 1. The molecule has 0 saturated heterocycles. The molecule has 2 heterocycles. The molecule has 1 heteroatoms. The van der Waals surface area contributed by atoms with Crippen molar-refractivity contribution in [3.8, 4) is 0 Å².